The first-order chi connectivity index (χ1) is 16.4. The third kappa shape index (κ3) is 5.15. The number of hydrogen-bond donors (Lipinski definition) is 1. The molecular formula is C25H18BrIN2O5. The molecule has 1 saturated heterocycles. The molecule has 1 aliphatic rings. The Bertz CT molecular complexity index is 1290. The molecule has 1 fully saturated rings. The maximum Gasteiger partial charge on any atom is 0.335 e. The topological polar surface area (TPSA) is 84.9 Å². The maximum atomic E-state index is 13.1. The van der Waals surface area contributed by atoms with Gasteiger partial charge in [-0.05, 0) is 76.2 Å². The highest BCUT2D eigenvalue weighted by molar-refractivity contribution is 14.1. The van der Waals surface area contributed by atoms with Crippen molar-refractivity contribution in [3.8, 4) is 11.5 Å². The summed E-state index contributed by atoms with van der Waals surface area (Å²) in [4.78, 5) is 38.8. The van der Waals surface area contributed by atoms with Crippen LogP contribution >= 0.6 is 38.5 Å². The quantitative estimate of drug-likeness (QED) is 0.226. The molecule has 0 radical (unpaired) electrons. The lowest BCUT2D eigenvalue weighted by Crippen LogP contribution is -2.54. The molecule has 0 spiro atoms. The van der Waals surface area contributed by atoms with Crippen molar-refractivity contribution in [2.75, 3.05) is 12.0 Å². The number of urea groups is 1. The molecule has 0 saturated carbocycles. The second kappa shape index (κ2) is 10.4. The Morgan fingerprint density at radius 3 is 2.41 bits per heavy atom. The number of carbonyl (C=O) groups excluding carboxylic acids is 3. The minimum Gasteiger partial charge on any atom is -0.493 e. The molecule has 0 atom stereocenters. The zero-order valence-corrected chi connectivity index (χ0v) is 21.6. The number of amides is 4. The first-order valence-corrected chi connectivity index (χ1v) is 12.0. The highest BCUT2D eigenvalue weighted by Gasteiger charge is 2.36. The van der Waals surface area contributed by atoms with Gasteiger partial charge in [-0.1, -0.05) is 46.3 Å². The van der Waals surface area contributed by atoms with Crippen molar-refractivity contribution in [3.05, 3.63) is 91.5 Å². The van der Waals surface area contributed by atoms with E-state index in [1.165, 1.54) is 13.2 Å². The number of nitrogens with one attached hydrogen (secondary N) is 1. The van der Waals surface area contributed by atoms with Crippen molar-refractivity contribution in [3.63, 3.8) is 0 Å². The fourth-order valence-corrected chi connectivity index (χ4v) is 4.38. The molecule has 3 aromatic rings. The fraction of sp³-hybridized carbons (Fsp3) is 0.0800. The number of methoxy groups -OCH3 is 1. The lowest BCUT2D eigenvalue weighted by molar-refractivity contribution is -0.122. The molecule has 172 valence electrons. The largest absolute Gasteiger partial charge is 0.493 e. The standard InChI is InChI=1S/C25H18BrIN2O5/c1-33-21-13-16(12-20(27)22(21)34-14-15-7-9-17(26)10-8-15)11-19-23(30)28-25(32)29(24(19)31)18-5-3-2-4-6-18/h2-13H,14H2,1H3,(H,28,30,32)/b19-11+. The zero-order chi connectivity index (χ0) is 24.2. The van der Waals surface area contributed by atoms with Crippen LogP contribution in [-0.4, -0.2) is 25.0 Å². The van der Waals surface area contributed by atoms with Crippen molar-refractivity contribution >= 4 is 68.1 Å². The van der Waals surface area contributed by atoms with Gasteiger partial charge in [0, 0.05) is 4.47 Å². The van der Waals surface area contributed by atoms with Gasteiger partial charge in [-0.15, -0.1) is 0 Å². The molecule has 0 aromatic heterocycles. The highest BCUT2D eigenvalue weighted by atomic mass is 127. The third-order valence-corrected chi connectivity index (χ3v) is 6.31. The van der Waals surface area contributed by atoms with Crippen LogP contribution in [0.15, 0.2) is 76.8 Å². The normalized spacial score (nSPS) is 14.9. The van der Waals surface area contributed by atoms with E-state index in [1.807, 2.05) is 24.3 Å². The number of barbiturate groups is 1. The summed E-state index contributed by atoms with van der Waals surface area (Å²) in [5, 5.41) is 2.22. The van der Waals surface area contributed by atoms with Crippen LogP contribution in [0.25, 0.3) is 6.08 Å². The molecule has 0 aliphatic carbocycles. The van der Waals surface area contributed by atoms with Gasteiger partial charge in [-0.3, -0.25) is 14.9 Å². The first-order valence-electron chi connectivity index (χ1n) is 10.1. The van der Waals surface area contributed by atoms with Crippen molar-refractivity contribution in [2.24, 2.45) is 0 Å². The van der Waals surface area contributed by atoms with E-state index in [2.05, 4.69) is 43.8 Å². The number of rotatable bonds is 6. The van der Waals surface area contributed by atoms with E-state index in [1.54, 1.807) is 42.5 Å². The third-order valence-electron chi connectivity index (χ3n) is 4.98. The number of nitrogens with zero attached hydrogens (tertiary/aromatic N) is 1. The molecule has 4 rings (SSSR count). The Labute approximate surface area is 218 Å². The number of hydrogen-bond acceptors (Lipinski definition) is 5. The molecule has 0 unspecified atom stereocenters. The summed E-state index contributed by atoms with van der Waals surface area (Å²) in [5.74, 6) is -0.458. The predicted molar refractivity (Wildman–Crippen MR) is 140 cm³/mol. The van der Waals surface area contributed by atoms with Crippen molar-refractivity contribution < 1.29 is 23.9 Å². The van der Waals surface area contributed by atoms with Crippen LogP contribution in [-0.2, 0) is 16.2 Å². The number of para-hydroxylation sites is 1. The van der Waals surface area contributed by atoms with Crippen LogP contribution in [0.2, 0.25) is 0 Å². The lowest BCUT2D eigenvalue weighted by Gasteiger charge is -2.26. The summed E-state index contributed by atoms with van der Waals surface area (Å²) < 4.78 is 13.2. The summed E-state index contributed by atoms with van der Waals surface area (Å²) >= 11 is 5.52. The SMILES string of the molecule is COc1cc(/C=C2\C(=O)NC(=O)N(c3ccccc3)C2=O)cc(I)c1OCc1ccc(Br)cc1. The van der Waals surface area contributed by atoms with Gasteiger partial charge in [-0.25, -0.2) is 9.69 Å². The molecule has 9 heteroatoms. The lowest BCUT2D eigenvalue weighted by atomic mass is 10.1. The van der Waals surface area contributed by atoms with E-state index in [9.17, 15) is 14.4 Å². The van der Waals surface area contributed by atoms with E-state index in [0.29, 0.717) is 29.4 Å². The smallest absolute Gasteiger partial charge is 0.335 e. The Kier molecular flexibility index (Phi) is 7.32. The summed E-state index contributed by atoms with van der Waals surface area (Å²) in [6.45, 7) is 0.342. The predicted octanol–water partition coefficient (Wildman–Crippen LogP) is 5.31. The van der Waals surface area contributed by atoms with E-state index >= 15 is 0 Å². The first kappa shape index (κ1) is 24.0. The Hall–Kier alpha value is -3.18. The van der Waals surface area contributed by atoms with E-state index in [4.69, 9.17) is 9.47 Å². The summed E-state index contributed by atoms with van der Waals surface area (Å²) in [7, 11) is 1.52. The minimum absolute atomic E-state index is 0.162. The fourth-order valence-electron chi connectivity index (χ4n) is 3.34. The molecule has 1 aliphatic heterocycles. The number of imide groups is 2. The van der Waals surface area contributed by atoms with Crippen LogP contribution in [0.1, 0.15) is 11.1 Å². The molecule has 3 aromatic carbocycles. The van der Waals surface area contributed by atoms with Crippen LogP contribution in [0, 0.1) is 3.57 Å². The molecule has 4 amide bonds. The number of anilines is 1. The molecule has 1 N–H and O–H groups in total. The van der Waals surface area contributed by atoms with Gasteiger partial charge in [0.1, 0.15) is 12.2 Å². The average molecular weight is 633 g/mol. The Balaban J connectivity index is 1.63. The monoisotopic (exact) mass is 632 g/mol. The molecule has 34 heavy (non-hydrogen) atoms. The number of ether oxygens (including phenoxy) is 2. The Morgan fingerprint density at radius 2 is 1.74 bits per heavy atom. The maximum absolute atomic E-state index is 13.1. The summed E-state index contributed by atoms with van der Waals surface area (Å²) in [6, 6.07) is 18.9. The van der Waals surface area contributed by atoms with Crippen LogP contribution in [0.4, 0.5) is 10.5 Å². The molecule has 0 bridgehead atoms. The Morgan fingerprint density at radius 1 is 1.03 bits per heavy atom. The van der Waals surface area contributed by atoms with Crippen molar-refractivity contribution in [2.45, 2.75) is 6.61 Å². The number of carbonyl (C=O) groups is 3. The zero-order valence-electron chi connectivity index (χ0n) is 17.9. The average Bonchev–Trinajstić information content (AvgIpc) is 2.82. The van der Waals surface area contributed by atoms with Gasteiger partial charge < -0.3 is 9.47 Å². The second-order valence-electron chi connectivity index (χ2n) is 7.24. The number of halogens is 2. The number of benzene rings is 3. The van der Waals surface area contributed by atoms with Crippen LogP contribution in [0.3, 0.4) is 0 Å². The molecule has 1 heterocycles. The van der Waals surface area contributed by atoms with Gasteiger partial charge >= 0.3 is 6.03 Å². The van der Waals surface area contributed by atoms with Gasteiger partial charge in [0.05, 0.1) is 16.4 Å². The van der Waals surface area contributed by atoms with E-state index in [-0.39, 0.29) is 5.57 Å². The minimum atomic E-state index is -0.790. The van der Waals surface area contributed by atoms with E-state index < -0.39 is 17.8 Å². The van der Waals surface area contributed by atoms with Crippen molar-refractivity contribution in [1.82, 2.24) is 5.32 Å². The summed E-state index contributed by atoms with van der Waals surface area (Å²) in [5.41, 5.74) is 1.75. The van der Waals surface area contributed by atoms with Gasteiger partial charge in [-0.2, -0.15) is 0 Å². The second-order valence-corrected chi connectivity index (χ2v) is 9.32. The molecule has 7 nitrogen and oxygen atoms in total. The summed E-state index contributed by atoms with van der Waals surface area (Å²) in [6.07, 6.45) is 1.43. The van der Waals surface area contributed by atoms with Gasteiger partial charge in [0.2, 0.25) is 0 Å². The van der Waals surface area contributed by atoms with Crippen LogP contribution in [0.5, 0.6) is 11.5 Å². The van der Waals surface area contributed by atoms with Crippen molar-refractivity contribution in [1.29, 1.82) is 0 Å². The van der Waals surface area contributed by atoms with E-state index in [0.717, 1.165) is 18.5 Å². The van der Waals surface area contributed by atoms with Gasteiger partial charge in [0.15, 0.2) is 11.5 Å². The molecular weight excluding hydrogens is 615 g/mol. The van der Waals surface area contributed by atoms with Gasteiger partial charge in [0.25, 0.3) is 11.8 Å². The highest BCUT2D eigenvalue weighted by Crippen LogP contribution is 2.35. The van der Waals surface area contributed by atoms with Crippen LogP contribution < -0.4 is 19.7 Å².